The minimum atomic E-state index is -0.475. The first-order valence-electron chi connectivity index (χ1n) is 7.36. The van der Waals surface area contributed by atoms with E-state index >= 15 is 0 Å². The van der Waals surface area contributed by atoms with Gasteiger partial charge in [0.05, 0.1) is 12.7 Å². The van der Waals surface area contributed by atoms with Crippen molar-refractivity contribution in [3.8, 4) is 0 Å². The second-order valence-electron chi connectivity index (χ2n) is 7.16. The molecular formula is C15H25NO4. The molecule has 1 heterocycles. The molecule has 0 aromatic rings. The molecule has 1 spiro atoms. The smallest absolute Gasteiger partial charge is 0.407 e. The first-order valence-corrected chi connectivity index (χ1v) is 7.36. The van der Waals surface area contributed by atoms with Crippen LogP contribution in [-0.2, 0) is 14.3 Å². The molecule has 5 nitrogen and oxygen atoms in total. The maximum Gasteiger partial charge on any atom is 0.407 e. The highest BCUT2D eigenvalue weighted by atomic mass is 16.6. The standard InChI is InChI=1S/C15H25NO4/c1-14(2,3)20-13(18)16-8-12-4-5-15(10-19-12)6-11(7-15)9-17/h9,11-12H,4-8,10H2,1-3H3,(H,16,18). The molecule has 1 saturated heterocycles. The monoisotopic (exact) mass is 283 g/mol. The maximum atomic E-state index is 11.6. The van der Waals surface area contributed by atoms with Gasteiger partial charge in [-0.05, 0) is 51.9 Å². The number of nitrogens with one attached hydrogen (secondary N) is 1. The highest BCUT2D eigenvalue weighted by Gasteiger charge is 2.46. The number of hydrogen-bond acceptors (Lipinski definition) is 4. The first kappa shape index (κ1) is 15.3. The van der Waals surface area contributed by atoms with E-state index in [0.29, 0.717) is 13.2 Å². The van der Waals surface area contributed by atoms with Gasteiger partial charge in [0.15, 0.2) is 0 Å². The molecule has 20 heavy (non-hydrogen) atoms. The summed E-state index contributed by atoms with van der Waals surface area (Å²) >= 11 is 0. The number of amides is 1. The van der Waals surface area contributed by atoms with Crippen LogP contribution < -0.4 is 5.32 Å². The van der Waals surface area contributed by atoms with E-state index in [9.17, 15) is 9.59 Å². The van der Waals surface area contributed by atoms with Crippen LogP contribution in [-0.4, -0.2) is 37.2 Å². The Labute approximate surface area is 120 Å². The second kappa shape index (κ2) is 5.72. The van der Waals surface area contributed by atoms with Gasteiger partial charge in [-0.2, -0.15) is 0 Å². The van der Waals surface area contributed by atoms with Crippen molar-refractivity contribution in [2.75, 3.05) is 13.2 Å². The Hall–Kier alpha value is -1.10. The van der Waals surface area contributed by atoms with Gasteiger partial charge in [-0.15, -0.1) is 0 Å². The van der Waals surface area contributed by atoms with Crippen molar-refractivity contribution in [2.24, 2.45) is 11.3 Å². The van der Waals surface area contributed by atoms with Crippen molar-refractivity contribution in [2.45, 2.75) is 58.2 Å². The summed E-state index contributed by atoms with van der Waals surface area (Å²) in [4.78, 5) is 22.2. The van der Waals surface area contributed by atoms with Crippen molar-refractivity contribution < 1.29 is 19.1 Å². The number of aldehydes is 1. The lowest BCUT2D eigenvalue weighted by Gasteiger charge is -2.49. The van der Waals surface area contributed by atoms with E-state index in [1.807, 2.05) is 20.8 Å². The SMILES string of the molecule is CC(C)(C)OC(=O)NCC1CCC2(CO1)CC(C=O)C2. The second-order valence-corrected chi connectivity index (χ2v) is 7.16. The van der Waals surface area contributed by atoms with Gasteiger partial charge in [-0.25, -0.2) is 4.79 Å². The third kappa shape index (κ3) is 3.95. The fraction of sp³-hybridized carbons (Fsp3) is 0.867. The van der Waals surface area contributed by atoms with E-state index in [1.165, 1.54) is 0 Å². The molecule has 2 fully saturated rings. The summed E-state index contributed by atoms with van der Waals surface area (Å²) < 4.78 is 11.0. The predicted octanol–water partition coefficient (Wildman–Crippen LogP) is 2.29. The molecule has 1 aliphatic heterocycles. The lowest BCUT2D eigenvalue weighted by Crippen LogP contribution is -2.48. The summed E-state index contributed by atoms with van der Waals surface area (Å²) in [5.74, 6) is 0.232. The summed E-state index contributed by atoms with van der Waals surface area (Å²) in [6.45, 7) is 6.72. The highest BCUT2D eigenvalue weighted by Crippen LogP contribution is 2.50. The lowest BCUT2D eigenvalue weighted by molar-refractivity contribution is -0.135. The molecular weight excluding hydrogens is 258 g/mol. The summed E-state index contributed by atoms with van der Waals surface area (Å²) in [5.41, 5.74) is -0.245. The van der Waals surface area contributed by atoms with Crippen LogP contribution in [0.5, 0.6) is 0 Å². The third-order valence-electron chi connectivity index (χ3n) is 4.08. The van der Waals surface area contributed by atoms with Gasteiger partial charge in [0, 0.05) is 12.5 Å². The van der Waals surface area contributed by atoms with Crippen molar-refractivity contribution in [3.05, 3.63) is 0 Å². The molecule has 1 atom stereocenters. The molecule has 0 aromatic heterocycles. The molecule has 0 aromatic carbocycles. The van der Waals surface area contributed by atoms with Crippen LogP contribution in [0, 0.1) is 11.3 Å². The molecule has 2 aliphatic rings. The fourth-order valence-electron chi connectivity index (χ4n) is 3.06. The average Bonchev–Trinajstić information content (AvgIpc) is 2.32. The zero-order valence-corrected chi connectivity index (χ0v) is 12.6. The Bertz CT molecular complexity index is 359. The van der Waals surface area contributed by atoms with Gasteiger partial charge in [-0.3, -0.25) is 0 Å². The molecule has 1 saturated carbocycles. The molecule has 5 heteroatoms. The summed E-state index contributed by atoms with van der Waals surface area (Å²) in [6, 6.07) is 0. The first-order chi connectivity index (χ1) is 9.32. The van der Waals surface area contributed by atoms with Gasteiger partial charge in [0.1, 0.15) is 11.9 Å². The molecule has 114 valence electrons. The molecule has 1 unspecified atom stereocenters. The topological polar surface area (TPSA) is 64.6 Å². The Morgan fingerprint density at radius 2 is 2.15 bits per heavy atom. The number of rotatable bonds is 3. The van der Waals surface area contributed by atoms with Crippen LogP contribution in [0.2, 0.25) is 0 Å². The normalized spacial score (nSPS) is 33.4. The maximum absolute atomic E-state index is 11.6. The van der Waals surface area contributed by atoms with Crippen molar-refractivity contribution in [3.63, 3.8) is 0 Å². The van der Waals surface area contributed by atoms with E-state index in [0.717, 1.165) is 32.0 Å². The Morgan fingerprint density at radius 1 is 1.45 bits per heavy atom. The zero-order valence-electron chi connectivity index (χ0n) is 12.6. The van der Waals surface area contributed by atoms with E-state index in [2.05, 4.69) is 5.32 Å². The van der Waals surface area contributed by atoms with Crippen LogP contribution in [0.3, 0.4) is 0 Å². The summed E-state index contributed by atoms with van der Waals surface area (Å²) in [5, 5.41) is 2.75. The Balaban J connectivity index is 1.65. The quantitative estimate of drug-likeness (QED) is 0.807. The van der Waals surface area contributed by atoms with Gasteiger partial charge in [0.25, 0.3) is 0 Å². The van der Waals surface area contributed by atoms with Crippen LogP contribution in [0.1, 0.15) is 46.5 Å². The van der Waals surface area contributed by atoms with Gasteiger partial charge in [0.2, 0.25) is 0 Å². The molecule has 0 radical (unpaired) electrons. The van der Waals surface area contributed by atoms with Gasteiger partial charge >= 0.3 is 6.09 Å². The van der Waals surface area contributed by atoms with E-state index in [-0.39, 0.29) is 17.4 Å². The zero-order chi connectivity index (χ0) is 14.8. The van der Waals surface area contributed by atoms with Crippen LogP contribution in [0.15, 0.2) is 0 Å². The van der Waals surface area contributed by atoms with Crippen molar-refractivity contribution in [1.29, 1.82) is 0 Å². The molecule has 1 N–H and O–H groups in total. The number of ether oxygens (including phenoxy) is 2. The van der Waals surface area contributed by atoms with E-state index < -0.39 is 11.7 Å². The Kier molecular flexibility index (Phi) is 4.37. The fourth-order valence-corrected chi connectivity index (χ4v) is 3.06. The largest absolute Gasteiger partial charge is 0.444 e. The lowest BCUT2D eigenvalue weighted by atomic mass is 9.60. The molecule has 1 aliphatic carbocycles. The predicted molar refractivity (Wildman–Crippen MR) is 74.4 cm³/mol. The average molecular weight is 283 g/mol. The Morgan fingerprint density at radius 3 is 2.65 bits per heavy atom. The van der Waals surface area contributed by atoms with Crippen molar-refractivity contribution >= 4 is 12.4 Å². The number of carbonyl (C=O) groups excluding carboxylic acids is 2. The highest BCUT2D eigenvalue weighted by molar-refractivity contribution is 5.67. The van der Waals surface area contributed by atoms with E-state index in [1.54, 1.807) is 0 Å². The van der Waals surface area contributed by atoms with Crippen LogP contribution in [0.4, 0.5) is 4.79 Å². The molecule has 0 bridgehead atoms. The van der Waals surface area contributed by atoms with Gasteiger partial charge < -0.3 is 19.6 Å². The minimum absolute atomic E-state index is 0.0587. The minimum Gasteiger partial charge on any atom is -0.444 e. The number of carbonyl (C=O) groups is 2. The van der Waals surface area contributed by atoms with Gasteiger partial charge in [-0.1, -0.05) is 0 Å². The number of alkyl carbamates (subject to hydrolysis) is 1. The summed E-state index contributed by atoms with van der Waals surface area (Å²) in [7, 11) is 0. The van der Waals surface area contributed by atoms with Crippen molar-refractivity contribution in [1.82, 2.24) is 5.32 Å². The molecule has 2 rings (SSSR count). The third-order valence-corrected chi connectivity index (χ3v) is 4.08. The summed E-state index contributed by atoms with van der Waals surface area (Å²) in [6.07, 6.45) is 4.65. The molecule has 1 amide bonds. The van der Waals surface area contributed by atoms with E-state index in [4.69, 9.17) is 9.47 Å². The van der Waals surface area contributed by atoms with Crippen LogP contribution in [0.25, 0.3) is 0 Å². The number of hydrogen-bond donors (Lipinski definition) is 1. The van der Waals surface area contributed by atoms with Crippen LogP contribution >= 0.6 is 0 Å².